The summed E-state index contributed by atoms with van der Waals surface area (Å²) in [6, 6.07) is 5.84. The standard InChI is InChI=1S/C21H35N5O2/c1-22-20(25-17-21(12-15-28-3)10-5-6-11-21)24-16-19(27)26(2)14-9-18-8-4-7-13-23-18/h4,7-8,13H,5-6,9-12,14-17H2,1-3H3,(H2,22,24,25). The van der Waals surface area contributed by atoms with E-state index in [2.05, 4.69) is 20.6 Å². The fraction of sp³-hybridized carbons (Fsp3) is 0.667. The van der Waals surface area contributed by atoms with Crippen molar-refractivity contribution in [1.82, 2.24) is 20.5 Å². The van der Waals surface area contributed by atoms with E-state index in [1.807, 2.05) is 25.2 Å². The number of ether oxygens (including phenoxy) is 1. The molecule has 0 radical (unpaired) electrons. The molecule has 1 aliphatic carbocycles. The molecule has 7 nitrogen and oxygen atoms in total. The van der Waals surface area contributed by atoms with Crippen LogP contribution >= 0.6 is 0 Å². The lowest BCUT2D eigenvalue weighted by molar-refractivity contribution is -0.128. The maximum atomic E-state index is 12.4. The van der Waals surface area contributed by atoms with Crippen molar-refractivity contribution in [1.29, 1.82) is 0 Å². The number of nitrogens with one attached hydrogen (secondary N) is 2. The summed E-state index contributed by atoms with van der Waals surface area (Å²) in [6.07, 6.45) is 8.57. The lowest BCUT2D eigenvalue weighted by Crippen LogP contribution is -2.47. The third-order valence-corrected chi connectivity index (χ3v) is 5.62. The summed E-state index contributed by atoms with van der Waals surface area (Å²) in [7, 11) is 5.31. The van der Waals surface area contributed by atoms with Crippen LogP contribution in [0, 0.1) is 5.41 Å². The summed E-state index contributed by atoms with van der Waals surface area (Å²) in [5.74, 6) is 0.712. The molecule has 156 valence electrons. The Morgan fingerprint density at radius 2 is 2.11 bits per heavy atom. The first-order valence-corrected chi connectivity index (χ1v) is 10.2. The van der Waals surface area contributed by atoms with Gasteiger partial charge in [-0.3, -0.25) is 14.8 Å². The van der Waals surface area contributed by atoms with Gasteiger partial charge in [-0.05, 0) is 36.8 Å². The number of guanidine groups is 1. The highest BCUT2D eigenvalue weighted by Crippen LogP contribution is 2.40. The van der Waals surface area contributed by atoms with Crippen LogP contribution in [0.3, 0.4) is 0 Å². The Kier molecular flexibility index (Phi) is 9.20. The van der Waals surface area contributed by atoms with E-state index in [4.69, 9.17) is 4.74 Å². The van der Waals surface area contributed by atoms with Crippen LogP contribution < -0.4 is 10.6 Å². The van der Waals surface area contributed by atoms with Gasteiger partial charge in [-0.25, -0.2) is 0 Å². The average molecular weight is 390 g/mol. The second kappa shape index (κ2) is 11.6. The van der Waals surface area contributed by atoms with E-state index in [1.54, 1.807) is 25.3 Å². The number of amides is 1. The van der Waals surface area contributed by atoms with Gasteiger partial charge >= 0.3 is 0 Å². The van der Waals surface area contributed by atoms with Gasteiger partial charge in [-0.1, -0.05) is 18.9 Å². The van der Waals surface area contributed by atoms with Crippen molar-refractivity contribution in [2.24, 2.45) is 10.4 Å². The summed E-state index contributed by atoms with van der Waals surface area (Å²) in [5.41, 5.74) is 1.27. The normalized spacial score (nSPS) is 16.0. The third-order valence-electron chi connectivity index (χ3n) is 5.62. The number of hydrogen-bond donors (Lipinski definition) is 2. The second-order valence-corrected chi connectivity index (χ2v) is 7.62. The predicted molar refractivity (Wildman–Crippen MR) is 112 cm³/mol. The van der Waals surface area contributed by atoms with Crippen LogP contribution in [0.5, 0.6) is 0 Å². The zero-order chi connectivity index (χ0) is 20.2. The number of aromatic nitrogens is 1. The minimum Gasteiger partial charge on any atom is -0.385 e. The average Bonchev–Trinajstić information content (AvgIpc) is 3.20. The zero-order valence-corrected chi connectivity index (χ0v) is 17.5. The molecule has 0 atom stereocenters. The lowest BCUT2D eigenvalue weighted by atomic mass is 9.83. The number of aliphatic imine (C=N–C) groups is 1. The fourth-order valence-electron chi connectivity index (χ4n) is 3.70. The van der Waals surface area contributed by atoms with Crippen LogP contribution in [-0.4, -0.2) is 69.2 Å². The van der Waals surface area contributed by atoms with Crippen LogP contribution in [0.4, 0.5) is 0 Å². The summed E-state index contributed by atoms with van der Waals surface area (Å²) in [6.45, 7) is 2.51. The van der Waals surface area contributed by atoms with Crippen LogP contribution in [-0.2, 0) is 16.0 Å². The molecule has 1 heterocycles. The van der Waals surface area contributed by atoms with Crippen LogP contribution in [0.2, 0.25) is 0 Å². The molecular weight excluding hydrogens is 354 g/mol. The number of carbonyl (C=O) groups excluding carboxylic acids is 1. The molecule has 0 bridgehead atoms. The van der Waals surface area contributed by atoms with Crippen molar-refractivity contribution in [3.05, 3.63) is 30.1 Å². The summed E-state index contributed by atoms with van der Waals surface area (Å²) >= 11 is 0. The van der Waals surface area contributed by atoms with Crippen molar-refractivity contribution in [2.75, 3.05) is 47.4 Å². The van der Waals surface area contributed by atoms with Crippen LogP contribution in [0.1, 0.15) is 37.8 Å². The highest BCUT2D eigenvalue weighted by atomic mass is 16.5. The fourth-order valence-corrected chi connectivity index (χ4v) is 3.70. The highest BCUT2D eigenvalue weighted by Gasteiger charge is 2.33. The molecule has 1 aromatic rings. The Morgan fingerprint density at radius 1 is 1.32 bits per heavy atom. The largest absolute Gasteiger partial charge is 0.385 e. The number of methoxy groups -OCH3 is 1. The van der Waals surface area contributed by atoms with Crippen LogP contribution in [0.15, 0.2) is 29.4 Å². The van der Waals surface area contributed by atoms with Gasteiger partial charge in [-0.2, -0.15) is 0 Å². The zero-order valence-electron chi connectivity index (χ0n) is 17.5. The number of carbonyl (C=O) groups is 1. The maximum absolute atomic E-state index is 12.4. The van der Waals surface area contributed by atoms with Gasteiger partial charge in [0.25, 0.3) is 0 Å². The molecule has 1 aromatic heterocycles. The molecule has 0 aromatic carbocycles. The van der Waals surface area contributed by atoms with Crippen molar-refractivity contribution in [3.8, 4) is 0 Å². The van der Waals surface area contributed by atoms with E-state index in [0.29, 0.717) is 12.5 Å². The first-order chi connectivity index (χ1) is 13.6. The molecule has 1 aliphatic rings. The Balaban J connectivity index is 1.73. The molecule has 2 rings (SSSR count). The van der Waals surface area contributed by atoms with Gasteiger partial charge in [0.2, 0.25) is 5.91 Å². The smallest absolute Gasteiger partial charge is 0.241 e. The quantitative estimate of drug-likeness (QED) is 0.472. The van der Waals surface area contributed by atoms with Gasteiger partial charge in [-0.15, -0.1) is 0 Å². The van der Waals surface area contributed by atoms with E-state index in [9.17, 15) is 4.79 Å². The first kappa shape index (κ1) is 22.1. The Labute approximate surface area is 169 Å². The first-order valence-electron chi connectivity index (χ1n) is 10.2. The highest BCUT2D eigenvalue weighted by molar-refractivity contribution is 5.86. The molecule has 2 N–H and O–H groups in total. The van der Waals surface area contributed by atoms with Gasteiger partial charge < -0.3 is 20.3 Å². The molecule has 1 amide bonds. The molecule has 1 saturated carbocycles. The number of nitrogens with zero attached hydrogens (tertiary/aromatic N) is 3. The minimum atomic E-state index is 0.0360. The number of hydrogen-bond acceptors (Lipinski definition) is 4. The van der Waals surface area contributed by atoms with E-state index >= 15 is 0 Å². The Hall–Kier alpha value is -2.15. The molecule has 0 saturated heterocycles. The van der Waals surface area contributed by atoms with Crippen molar-refractivity contribution in [2.45, 2.75) is 38.5 Å². The summed E-state index contributed by atoms with van der Waals surface area (Å²) in [4.78, 5) is 22.7. The van der Waals surface area contributed by atoms with Crippen LogP contribution in [0.25, 0.3) is 0 Å². The summed E-state index contributed by atoms with van der Waals surface area (Å²) in [5, 5.41) is 6.56. The Morgan fingerprint density at radius 3 is 2.75 bits per heavy atom. The predicted octanol–water partition coefficient (Wildman–Crippen LogP) is 1.84. The Bertz CT molecular complexity index is 614. The molecule has 1 fully saturated rings. The number of rotatable bonds is 10. The van der Waals surface area contributed by atoms with Gasteiger partial charge in [0.15, 0.2) is 5.96 Å². The van der Waals surface area contributed by atoms with Crippen molar-refractivity contribution < 1.29 is 9.53 Å². The van der Waals surface area contributed by atoms with Gasteiger partial charge in [0, 0.05) is 59.2 Å². The topological polar surface area (TPSA) is 78.9 Å². The SMILES string of the molecule is CN=C(NCC(=O)N(C)CCc1ccccn1)NCC1(CCOC)CCCC1. The molecule has 7 heteroatoms. The van der Waals surface area contributed by atoms with E-state index in [0.717, 1.165) is 31.7 Å². The molecule has 0 aliphatic heterocycles. The van der Waals surface area contributed by atoms with E-state index < -0.39 is 0 Å². The van der Waals surface area contributed by atoms with E-state index in [-0.39, 0.29) is 17.9 Å². The summed E-state index contributed by atoms with van der Waals surface area (Å²) < 4.78 is 5.29. The third kappa shape index (κ3) is 7.11. The van der Waals surface area contributed by atoms with Crippen molar-refractivity contribution >= 4 is 11.9 Å². The van der Waals surface area contributed by atoms with Gasteiger partial charge in [0.05, 0.1) is 6.54 Å². The number of likely N-dealkylation sites (N-methyl/N-ethyl adjacent to an activating group) is 1. The van der Waals surface area contributed by atoms with E-state index in [1.165, 1.54) is 25.7 Å². The molecular formula is C21H35N5O2. The maximum Gasteiger partial charge on any atom is 0.241 e. The molecule has 0 unspecified atom stereocenters. The van der Waals surface area contributed by atoms with Gasteiger partial charge in [0.1, 0.15) is 0 Å². The second-order valence-electron chi connectivity index (χ2n) is 7.62. The molecule has 0 spiro atoms. The minimum absolute atomic E-state index is 0.0360. The number of pyridine rings is 1. The monoisotopic (exact) mass is 389 g/mol. The molecule has 28 heavy (non-hydrogen) atoms. The lowest BCUT2D eigenvalue weighted by Gasteiger charge is -2.30. The van der Waals surface area contributed by atoms with Crippen molar-refractivity contribution in [3.63, 3.8) is 0 Å².